The van der Waals surface area contributed by atoms with Crippen LogP contribution in [0.1, 0.15) is 53.4 Å². The Bertz CT molecular complexity index is 882. The molecule has 5 atom stereocenters. The van der Waals surface area contributed by atoms with E-state index in [1.54, 1.807) is 0 Å². The summed E-state index contributed by atoms with van der Waals surface area (Å²) in [6.07, 6.45) is 1.80. The minimum atomic E-state index is -0.779. The summed E-state index contributed by atoms with van der Waals surface area (Å²) < 4.78 is 36.7. The van der Waals surface area contributed by atoms with Crippen molar-refractivity contribution in [3.8, 4) is 6.01 Å². The Morgan fingerprint density at radius 2 is 1.66 bits per heavy atom. The molecule has 2 N–H and O–H groups in total. The van der Waals surface area contributed by atoms with Crippen LogP contribution in [0.5, 0.6) is 6.01 Å². The van der Waals surface area contributed by atoms with Gasteiger partial charge in [0.25, 0.3) is 0 Å². The largest absolute Gasteiger partial charge is 0.460 e. The molecule has 196 valence electrons. The molecule has 35 heavy (non-hydrogen) atoms. The second kappa shape index (κ2) is 9.91. The minimum Gasteiger partial charge on any atom is -0.460 e. The highest BCUT2D eigenvalue weighted by Gasteiger charge is 2.60. The molecule has 4 saturated heterocycles. The fourth-order valence-corrected chi connectivity index (χ4v) is 4.99. The van der Waals surface area contributed by atoms with Crippen molar-refractivity contribution in [3.63, 3.8) is 0 Å². The summed E-state index contributed by atoms with van der Waals surface area (Å²) in [5.41, 5.74) is 0. The van der Waals surface area contributed by atoms with Crippen LogP contribution in [0.15, 0.2) is 0 Å². The lowest BCUT2D eigenvalue weighted by atomic mass is 9.99. The van der Waals surface area contributed by atoms with E-state index in [9.17, 15) is 0 Å². The number of hydrogen-bond donors (Lipinski definition) is 2. The van der Waals surface area contributed by atoms with Crippen molar-refractivity contribution in [2.75, 3.05) is 43.1 Å². The lowest BCUT2D eigenvalue weighted by molar-refractivity contribution is -0.238. The Labute approximate surface area is 205 Å². The van der Waals surface area contributed by atoms with Crippen molar-refractivity contribution in [2.24, 2.45) is 0 Å². The van der Waals surface area contributed by atoms with Gasteiger partial charge < -0.3 is 43.7 Å². The van der Waals surface area contributed by atoms with Crippen LogP contribution in [0.2, 0.25) is 0 Å². The van der Waals surface area contributed by atoms with E-state index >= 15 is 0 Å². The molecule has 4 aliphatic rings. The number of hydrogen-bond acceptors (Lipinski definition) is 12. The highest BCUT2D eigenvalue weighted by atomic mass is 16.9. The van der Waals surface area contributed by atoms with Crippen molar-refractivity contribution in [1.82, 2.24) is 15.0 Å². The lowest BCUT2D eigenvalue weighted by Gasteiger charge is -2.36. The van der Waals surface area contributed by atoms with Crippen LogP contribution in [0.25, 0.3) is 0 Å². The van der Waals surface area contributed by atoms with Gasteiger partial charge >= 0.3 is 6.01 Å². The molecule has 4 aliphatic heterocycles. The summed E-state index contributed by atoms with van der Waals surface area (Å²) >= 11 is 0. The predicted molar refractivity (Wildman–Crippen MR) is 124 cm³/mol. The zero-order chi connectivity index (χ0) is 24.6. The molecule has 1 aromatic rings. The third-order valence-corrected chi connectivity index (χ3v) is 6.49. The van der Waals surface area contributed by atoms with Crippen molar-refractivity contribution < 1.29 is 33.5 Å². The van der Waals surface area contributed by atoms with Gasteiger partial charge in [0.05, 0.1) is 0 Å². The number of ether oxygens (including phenoxy) is 6. The number of anilines is 2. The smallest absolute Gasteiger partial charge is 0.323 e. The molecule has 0 bridgehead atoms. The van der Waals surface area contributed by atoms with E-state index in [1.807, 2.05) is 27.7 Å². The molecule has 4 fully saturated rings. The molecule has 1 aromatic heterocycles. The maximum Gasteiger partial charge on any atom is 0.323 e. The summed E-state index contributed by atoms with van der Waals surface area (Å²) in [6, 6.07) is 0.205. The summed E-state index contributed by atoms with van der Waals surface area (Å²) in [5, 5.41) is 12.3. The lowest BCUT2D eigenvalue weighted by Crippen LogP contribution is -2.56. The normalized spacial score (nSPS) is 33.3. The van der Waals surface area contributed by atoms with E-state index < -0.39 is 36.2 Å². The third-order valence-electron chi connectivity index (χ3n) is 6.49. The van der Waals surface area contributed by atoms with E-state index in [0.717, 1.165) is 25.9 Å². The van der Waals surface area contributed by atoms with Crippen LogP contribution in [-0.2, 0) is 23.7 Å². The number of aliphatic hydroxyl groups excluding tert-OH is 1. The number of aliphatic hydroxyl groups is 1. The summed E-state index contributed by atoms with van der Waals surface area (Å²) in [7, 11) is 0. The average molecular weight is 496 g/mol. The highest BCUT2D eigenvalue weighted by molar-refractivity contribution is 5.38. The van der Waals surface area contributed by atoms with Gasteiger partial charge in [0.2, 0.25) is 11.9 Å². The maximum atomic E-state index is 9.11. The molecule has 0 aromatic carbocycles. The Hall–Kier alpha value is -1.83. The van der Waals surface area contributed by atoms with Gasteiger partial charge in [-0.1, -0.05) is 0 Å². The summed E-state index contributed by atoms with van der Waals surface area (Å²) in [5.74, 6) is -0.555. The minimum absolute atomic E-state index is 0.0885. The number of rotatable bonds is 8. The number of nitrogens with zero attached hydrogens (tertiary/aromatic N) is 4. The van der Waals surface area contributed by atoms with Crippen LogP contribution in [-0.4, -0.2) is 95.2 Å². The third kappa shape index (κ3) is 5.62. The maximum absolute atomic E-state index is 9.11. The van der Waals surface area contributed by atoms with E-state index in [0.29, 0.717) is 24.9 Å². The van der Waals surface area contributed by atoms with Crippen LogP contribution in [0.4, 0.5) is 11.9 Å². The monoisotopic (exact) mass is 495 g/mol. The predicted octanol–water partition coefficient (Wildman–Crippen LogP) is 1.43. The highest BCUT2D eigenvalue weighted by Crippen LogP contribution is 2.44. The number of aromatic nitrogens is 3. The van der Waals surface area contributed by atoms with Crippen LogP contribution < -0.4 is 15.0 Å². The van der Waals surface area contributed by atoms with Crippen LogP contribution >= 0.6 is 0 Å². The molecule has 5 heterocycles. The molecular formula is C23H37N5O7. The first-order chi connectivity index (χ1) is 16.7. The quantitative estimate of drug-likeness (QED) is 0.506. The summed E-state index contributed by atoms with van der Waals surface area (Å²) in [4.78, 5) is 15.7. The van der Waals surface area contributed by atoms with E-state index in [2.05, 4.69) is 25.2 Å². The van der Waals surface area contributed by atoms with Gasteiger partial charge in [0.1, 0.15) is 31.0 Å². The molecule has 0 spiro atoms. The number of fused-ring (bicyclic) bond motifs is 3. The van der Waals surface area contributed by atoms with Crippen molar-refractivity contribution in [2.45, 2.75) is 95.7 Å². The van der Waals surface area contributed by atoms with Crippen LogP contribution in [0.3, 0.4) is 0 Å². The standard InChI is InChI=1S/C23H37N5O7/c1-22(2)32-15-14(31-18-17(16(15)33-22)34-23(3,4)35-18)13-30-21-26-19(24-9-8-12-29)25-20(27-21)28-10-6-5-7-11-28/h14-18,29H,5-13H2,1-4H3,(H,24,25,26,27)/t14-,15+,16+,17-,18-/m1/s1. The zero-order valence-electron chi connectivity index (χ0n) is 20.9. The molecule has 0 unspecified atom stereocenters. The molecule has 0 radical (unpaired) electrons. The zero-order valence-corrected chi connectivity index (χ0v) is 20.9. The first-order valence-electron chi connectivity index (χ1n) is 12.6. The van der Waals surface area contributed by atoms with Gasteiger partial charge in [-0.05, 0) is 53.4 Å². The topological polar surface area (TPSA) is 130 Å². The van der Waals surface area contributed by atoms with Gasteiger partial charge in [0.15, 0.2) is 17.9 Å². The number of nitrogens with one attached hydrogen (secondary N) is 1. The molecule has 5 rings (SSSR count). The first-order valence-corrected chi connectivity index (χ1v) is 12.6. The average Bonchev–Trinajstić information content (AvgIpc) is 3.32. The first kappa shape index (κ1) is 24.8. The van der Waals surface area contributed by atoms with Gasteiger partial charge in [-0.15, -0.1) is 0 Å². The van der Waals surface area contributed by atoms with Gasteiger partial charge in [0, 0.05) is 26.2 Å². The summed E-state index contributed by atoms with van der Waals surface area (Å²) in [6.45, 7) is 10.0. The Morgan fingerprint density at radius 3 is 2.43 bits per heavy atom. The molecule has 0 aliphatic carbocycles. The fourth-order valence-electron chi connectivity index (χ4n) is 4.99. The molecule has 0 saturated carbocycles. The second-order valence-corrected chi connectivity index (χ2v) is 10.3. The van der Waals surface area contributed by atoms with Crippen molar-refractivity contribution in [3.05, 3.63) is 0 Å². The van der Waals surface area contributed by atoms with E-state index in [-0.39, 0.29) is 25.3 Å². The Balaban J connectivity index is 1.32. The fraction of sp³-hybridized carbons (Fsp3) is 0.870. The Morgan fingerprint density at radius 1 is 0.943 bits per heavy atom. The van der Waals surface area contributed by atoms with Gasteiger partial charge in [-0.3, -0.25) is 0 Å². The number of piperidine rings is 1. The van der Waals surface area contributed by atoms with Crippen molar-refractivity contribution in [1.29, 1.82) is 0 Å². The van der Waals surface area contributed by atoms with Gasteiger partial charge in [-0.25, -0.2) is 0 Å². The van der Waals surface area contributed by atoms with Gasteiger partial charge in [-0.2, -0.15) is 15.0 Å². The second-order valence-electron chi connectivity index (χ2n) is 10.3. The SMILES string of the molecule is CC1(C)O[C@H]2[C@@H](O1)[C@@H](COc1nc(NCCCO)nc(N3CCCCC3)n1)O[C@@H]1OC(C)(C)O[C@@H]12. The van der Waals surface area contributed by atoms with Crippen LogP contribution in [0, 0.1) is 0 Å². The Kier molecular flexibility index (Phi) is 7.03. The van der Waals surface area contributed by atoms with Crippen molar-refractivity contribution >= 4 is 11.9 Å². The molecule has 12 heteroatoms. The molecular weight excluding hydrogens is 458 g/mol. The molecule has 12 nitrogen and oxygen atoms in total. The molecule has 0 amide bonds. The van der Waals surface area contributed by atoms with E-state index in [4.69, 9.17) is 33.5 Å². The van der Waals surface area contributed by atoms with E-state index in [1.165, 1.54) is 6.42 Å².